The maximum Gasteiger partial charge on any atom is 0.175 e. The first kappa shape index (κ1) is 26.2. The zero-order chi connectivity index (χ0) is 23.6. The average Bonchev–Trinajstić information content (AvgIpc) is 2.73. The summed E-state index contributed by atoms with van der Waals surface area (Å²) in [6.07, 6.45) is 6.44. The van der Waals surface area contributed by atoms with Gasteiger partial charge in [0.1, 0.15) is 5.82 Å². The Morgan fingerprint density at radius 1 is 1.16 bits per heavy atom. The van der Waals surface area contributed by atoms with E-state index in [9.17, 15) is 12.8 Å². The average molecular weight is 463 g/mol. The second-order valence-corrected chi connectivity index (χ2v) is 9.27. The summed E-state index contributed by atoms with van der Waals surface area (Å²) in [4.78, 5) is 2.19. The van der Waals surface area contributed by atoms with Crippen molar-refractivity contribution in [3.05, 3.63) is 102 Å². The molecule has 0 aliphatic heterocycles. The molecule has 0 aliphatic carbocycles. The number of rotatable bonds is 7. The van der Waals surface area contributed by atoms with Gasteiger partial charge in [-0.2, -0.15) is 0 Å². The molecule has 2 aromatic carbocycles. The molecule has 2 aromatic rings. The third kappa shape index (κ3) is 9.24. The van der Waals surface area contributed by atoms with Crippen LogP contribution in [0.1, 0.15) is 19.4 Å². The quantitative estimate of drug-likeness (QED) is 0.412. The summed E-state index contributed by atoms with van der Waals surface area (Å²) in [6.45, 7) is 11.2. The van der Waals surface area contributed by atoms with Crippen molar-refractivity contribution in [2.75, 3.05) is 17.7 Å². The Labute approximate surface area is 189 Å². The third-order valence-electron chi connectivity index (χ3n) is 4.20. The van der Waals surface area contributed by atoms with Crippen LogP contribution in [0.5, 0.6) is 0 Å². The molecule has 0 fully saturated rings. The monoisotopic (exact) mass is 462 g/mol. The highest BCUT2D eigenvalue weighted by atomic mass is 35.5. The number of allylic oxidation sites excluding steroid dienone is 3. The van der Waals surface area contributed by atoms with E-state index < -0.39 is 9.84 Å². The van der Waals surface area contributed by atoms with Gasteiger partial charge in [-0.05, 0) is 67.9 Å². The summed E-state index contributed by atoms with van der Waals surface area (Å²) in [5.74, 6) is -0.320. The Balaban J connectivity index is 0.000000861. The van der Waals surface area contributed by atoms with E-state index in [1.807, 2.05) is 24.8 Å². The minimum absolute atomic E-state index is 0.263. The van der Waals surface area contributed by atoms with Crippen molar-refractivity contribution < 1.29 is 12.8 Å². The topological polar surface area (TPSA) is 63.4 Å². The highest BCUT2D eigenvalue weighted by Gasteiger charge is 2.10. The summed E-state index contributed by atoms with van der Waals surface area (Å²) in [7, 11) is -3.25. The molecule has 0 unspecified atom stereocenters. The number of benzene rings is 2. The van der Waals surface area contributed by atoms with Gasteiger partial charge in [0.05, 0.1) is 10.6 Å². The number of nitrogens with two attached hydrogens (primary N) is 1. The van der Waals surface area contributed by atoms with Gasteiger partial charge in [0.25, 0.3) is 0 Å². The largest absolute Gasteiger partial charge is 0.397 e. The highest BCUT2D eigenvalue weighted by molar-refractivity contribution is 7.90. The molecule has 0 saturated carbocycles. The van der Waals surface area contributed by atoms with Gasteiger partial charge in [-0.1, -0.05) is 42.5 Å². The SMILES string of the molecule is C/C=C(\C)CN(/C=C(\N)c1ccc(F)cc1)c1ccc(S(C)(=O)=O)cc1.C=CC(=C)Cl. The van der Waals surface area contributed by atoms with Crippen LogP contribution in [0.3, 0.4) is 0 Å². The molecule has 2 rings (SSSR count). The van der Waals surface area contributed by atoms with E-state index in [0.717, 1.165) is 11.3 Å². The number of nitrogens with zero attached hydrogens (tertiary/aromatic N) is 1. The zero-order valence-electron chi connectivity index (χ0n) is 18.0. The van der Waals surface area contributed by atoms with Crippen LogP contribution in [0.25, 0.3) is 5.70 Å². The lowest BCUT2D eigenvalue weighted by molar-refractivity contribution is 0.602. The van der Waals surface area contributed by atoms with E-state index in [4.69, 9.17) is 17.3 Å². The second kappa shape index (κ2) is 12.1. The van der Waals surface area contributed by atoms with Crippen LogP contribution in [-0.2, 0) is 9.84 Å². The van der Waals surface area contributed by atoms with Crippen LogP contribution in [-0.4, -0.2) is 21.2 Å². The van der Waals surface area contributed by atoms with E-state index >= 15 is 0 Å². The molecular weight excluding hydrogens is 435 g/mol. The van der Waals surface area contributed by atoms with Crippen LogP contribution in [0.4, 0.5) is 10.1 Å². The first-order valence-corrected chi connectivity index (χ1v) is 11.6. The lowest BCUT2D eigenvalue weighted by Gasteiger charge is -2.22. The van der Waals surface area contributed by atoms with E-state index in [1.54, 1.807) is 42.6 Å². The predicted molar refractivity (Wildman–Crippen MR) is 130 cm³/mol. The molecule has 4 nitrogen and oxygen atoms in total. The Bertz CT molecular complexity index is 1060. The molecule has 0 saturated heterocycles. The van der Waals surface area contributed by atoms with Crippen molar-refractivity contribution in [2.24, 2.45) is 5.73 Å². The fourth-order valence-corrected chi connectivity index (χ4v) is 2.97. The molecule has 0 aliphatic rings. The zero-order valence-corrected chi connectivity index (χ0v) is 19.5. The van der Waals surface area contributed by atoms with Crippen molar-refractivity contribution in [3.8, 4) is 0 Å². The first-order chi connectivity index (χ1) is 14.5. The van der Waals surface area contributed by atoms with Crippen LogP contribution >= 0.6 is 11.6 Å². The van der Waals surface area contributed by atoms with Gasteiger partial charge in [0.2, 0.25) is 0 Å². The standard InChI is InChI=1S/C20H23FN2O2S.C4H5Cl/c1-4-15(2)13-23(14-20(22)16-5-7-17(21)8-6-16)18-9-11-19(12-10-18)26(3,24)25;1-3-4(2)5/h4-12,14H,13,22H2,1-3H3;3H,1-2H2/b15-4+,20-14-;. The van der Waals surface area contributed by atoms with Crippen LogP contribution in [0.15, 0.2) is 95.5 Å². The molecule has 0 heterocycles. The lowest BCUT2D eigenvalue weighted by atomic mass is 10.1. The Hall–Kier alpha value is -2.83. The van der Waals surface area contributed by atoms with Gasteiger partial charge in [-0.25, -0.2) is 12.8 Å². The summed E-state index contributed by atoms with van der Waals surface area (Å²) >= 11 is 5.15. The molecule has 0 amide bonds. The molecule has 31 heavy (non-hydrogen) atoms. The number of anilines is 1. The number of hydrogen-bond acceptors (Lipinski definition) is 4. The van der Waals surface area contributed by atoms with Gasteiger partial charge in [0, 0.05) is 29.7 Å². The maximum atomic E-state index is 13.1. The molecule has 2 N–H and O–H groups in total. The van der Waals surface area contributed by atoms with Crippen molar-refractivity contribution in [1.29, 1.82) is 0 Å². The number of hydrogen-bond donors (Lipinski definition) is 1. The van der Waals surface area contributed by atoms with Crippen molar-refractivity contribution in [3.63, 3.8) is 0 Å². The summed E-state index contributed by atoms with van der Waals surface area (Å²) in [5, 5.41) is 0.491. The minimum Gasteiger partial charge on any atom is -0.397 e. The molecule has 166 valence electrons. The molecule has 0 bridgehead atoms. The summed E-state index contributed by atoms with van der Waals surface area (Å²) in [6, 6.07) is 12.6. The summed E-state index contributed by atoms with van der Waals surface area (Å²) in [5.41, 5.74) is 9.31. The van der Waals surface area contributed by atoms with E-state index in [-0.39, 0.29) is 10.7 Å². The molecule has 0 atom stereocenters. The van der Waals surface area contributed by atoms with E-state index in [2.05, 4.69) is 13.2 Å². The number of halogens is 2. The molecule has 0 aromatic heterocycles. The smallest absolute Gasteiger partial charge is 0.175 e. The van der Waals surface area contributed by atoms with Gasteiger partial charge in [-0.3, -0.25) is 0 Å². The first-order valence-electron chi connectivity index (χ1n) is 9.36. The van der Waals surface area contributed by atoms with Crippen molar-refractivity contribution >= 4 is 32.8 Å². The highest BCUT2D eigenvalue weighted by Crippen LogP contribution is 2.21. The van der Waals surface area contributed by atoms with Crippen molar-refractivity contribution in [2.45, 2.75) is 18.7 Å². The number of sulfone groups is 1. The van der Waals surface area contributed by atoms with Crippen LogP contribution < -0.4 is 10.6 Å². The Morgan fingerprint density at radius 3 is 2.10 bits per heavy atom. The third-order valence-corrected chi connectivity index (χ3v) is 5.49. The molecule has 0 spiro atoms. The second-order valence-electron chi connectivity index (χ2n) is 6.77. The van der Waals surface area contributed by atoms with Gasteiger partial charge in [-0.15, -0.1) is 0 Å². The van der Waals surface area contributed by atoms with Crippen molar-refractivity contribution in [1.82, 2.24) is 0 Å². The van der Waals surface area contributed by atoms with Gasteiger partial charge < -0.3 is 10.6 Å². The van der Waals surface area contributed by atoms with Crippen LogP contribution in [0, 0.1) is 5.82 Å². The van der Waals surface area contributed by atoms with Gasteiger partial charge >= 0.3 is 0 Å². The minimum atomic E-state index is -3.25. The normalized spacial score (nSPS) is 11.9. The lowest BCUT2D eigenvalue weighted by Crippen LogP contribution is -2.20. The van der Waals surface area contributed by atoms with E-state index in [1.165, 1.54) is 24.5 Å². The fraction of sp³-hybridized carbons (Fsp3) is 0.167. The summed E-state index contributed by atoms with van der Waals surface area (Å²) < 4.78 is 36.4. The molecule has 7 heteroatoms. The van der Waals surface area contributed by atoms with Crippen LogP contribution in [0.2, 0.25) is 0 Å². The maximum absolute atomic E-state index is 13.1. The Morgan fingerprint density at radius 2 is 1.68 bits per heavy atom. The molecular formula is C24H28ClFN2O2S. The Kier molecular flexibility index (Phi) is 10.3. The fourth-order valence-electron chi connectivity index (χ4n) is 2.34. The van der Waals surface area contributed by atoms with E-state index in [0.29, 0.717) is 22.8 Å². The molecule has 0 radical (unpaired) electrons. The predicted octanol–water partition coefficient (Wildman–Crippen LogP) is 5.88. The van der Waals surface area contributed by atoms with Gasteiger partial charge in [0.15, 0.2) is 9.84 Å².